The van der Waals surface area contributed by atoms with Crippen LogP contribution in [0.15, 0.2) is 29.3 Å². The standard InChI is InChI=1S/C15H21F3N4O2S.HI/c1-11-2-4-13(5-3-11)21-14(19)20-10-12-6-8-22(9-7-12)25(23,24)15(16,17)18;/h2-5,12H,6-10H2,1H3,(H3,19,20,21);1H. The molecular formula is C15H22F3IN4O2S. The van der Waals surface area contributed by atoms with Gasteiger partial charge >= 0.3 is 15.5 Å². The molecule has 6 nitrogen and oxygen atoms in total. The Morgan fingerprint density at radius 3 is 2.31 bits per heavy atom. The Morgan fingerprint density at radius 2 is 1.81 bits per heavy atom. The molecule has 2 rings (SSSR count). The van der Waals surface area contributed by atoms with E-state index in [2.05, 4.69) is 10.3 Å². The minimum atomic E-state index is -5.25. The summed E-state index contributed by atoms with van der Waals surface area (Å²) in [6, 6.07) is 7.56. The number of nitrogens with one attached hydrogen (secondary N) is 1. The molecular weight excluding hydrogens is 484 g/mol. The van der Waals surface area contributed by atoms with Gasteiger partial charge in [0.05, 0.1) is 0 Å². The number of anilines is 1. The van der Waals surface area contributed by atoms with Crippen LogP contribution in [-0.2, 0) is 10.0 Å². The molecule has 1 fully saturated rings. The van der Waals surface area contributed by atoms with E-state index in [9.17, 15) is 21.6 Å². The molecule has 0 aliphatic carbocycles. The van der Waals surface area contributed by atoms with Gasteiger partial charge in [0.2, 0.25) is 0 Å². The fourth-order valence-electron chi connectivity index (χ4n) is 2.53. The van der Waals surface area contributed by atoms with Gasteiger partial charge in [-0.1, -0.05) is 17.7 Å². The number of nitrogens with zero attached hydrogens (tertiary/aromatic N) is 2. The first-order valence-electron chi connectivity index (χ1n) is 7.79. The summed E-state index contributed by atoms with van der Waals surface area (Å²) < 4.78 is 60.8. The fraction of sp³-hybridized carbons (Fsp3) is 0.533. The van der Waals surface area contributed by atoms with Crippen LogP contribution in [0.25, 0.3) is 0 Å². The quantitative estimate of drug-likeness (QED) is 0.374. The molecule has 0 spiro atoms. The Hall–Kier alpha value is -1.08. The maximum atomic E-state index is 12.5. The summed E-state index contributed by atoms with van der Waals surface area (Å²) in [5, 5.41) is 2.93. The van der Waals surface area contributed by atoms with Gasteiger partial charge in [-0.3, -0.25) is 4.99 Å². The van der Waals surface area contributed by atoms with Gasteiger partial charge in [0.15, 0.2) is 5.96 Å². The number of halogens is 4. The van der Waals surface area contributed by atoms with Crippen LogP contribution >= 0.6 is 24.0 Å². The van der Waals surface area contributed by atoms with Crippen LogP contribution in [0.5, 0.6) is 0 Å². The van der Waals surface area contributed by atoms with Crippen molar-refractivity contribution in [2.45, 2.75) is 25.3 Å². The molecule has 1 aromatic rings. The van der Waals surface area contributed by atoms with E-state index in [-0.39, 0.29) is 48.9 Å². The number of alkyl halides is 3. The van der Waals surface area contributed by atoms with Gasteiger partial charge in [-0.2, -0.15) is 17.5 Å². The fourth-order valence-corrected chi connectivity index (χ4v) is 3.51. The minimum absolute atomic E-state index is 0. The highest BCUT2D eigenvalue weighted by Crippen LogP contribution is 2.30. The van der Waals surface area contributed by atoms with E-state index in [4.69, 9.17) is 5.73 Å². The maximum Gasteiger partial charge on any atom is 0.511 e. The van der Waals surface area contributed by atoms with Crippen LogP contribution in [0.3, 0.4) is 0 Å². The maximum absolute atomic E-state index is 12.5. The topological polar surface area (TPSA) is 87.8 Å². The summed E-state index contributed by atoms with van der Waals surface area (Å²) in [6.45, 7) is 1.98. The van der Waals surface area contributed by atoms with Crippen LogP contribution in [0.4, 0.5) is 18.9 Å². The average molecular weight is 506 g/mol. The molecule has 1 aliphatic rings. The largest absolute Gasteiger partial charge is 0.511 e. The second kappa shape index (κ2) is 9.22. The summed E-state index contributed by atoms with van der Waals surface area (Å²) >= 11 is 0. The van der Waals surface area contributed by atoms with E-state index in [1.54, 1.807) is 0 Å². The lowest BCUT2D eigenvalue weighted by Gasteiger charge is -2.30. The third kappa shape index (κ3) is 5.98. The smallest absolute Gasteiger partial charge is 0.370 e. The molecule has 26 heavy (non-hydrogen) atoms. The Kier molecular flexibility index (Phi) is 8.14. The van der Waals surface area contributed by atoms with Crippen molar-refractivity contribution >= 4 is 45.6 Å². The van der Waals surface area contributed by atoms with Gasteiger partial charge in [-0.15, -0.1) is 24.0 Å². The highest BCUT2D eigenvalue weighted by atomic mass is 127. The highest BCUT2D eigenvalue weighted by Gasteiger charge is 2.50. The zero-order valence-corrected chi connectivity index (χ0v) is 17.3. The molecule has 0 atom stereocenters. The van der Waals surface area contributed by atoms with Crippen LogP contribution in [-0.4, -0.2) is 43.8 Å². The van der Waals surface area contributed by atoms with Crippen molar-refractivity contribution < 1.29 is 21.6 Å². The van der Waals surface area contributed by atoms with Crippen molar-refractivity contribution in [1.29, 1.82) is 0 Å². The third-order valence-electron chi connectivity index (χ3n) is 4.05. The number of hydrogen-bond donors (Lipinski definition) is 2. The molecule has 0 radical (unpaired) electrons. The number of hydrogen-bond acceptors (Lipinski definition) is 3. The normalized spacial score (nSPS) is 17.6. The van der Waals surface area contributed by atoms with Gasteiger partial charge in [-0.05, 0) is 37.8 Å². The summed E-state index contributed by atoms with van der Waals surface area (Å²) in [7, 11) is -5.24. The van der Waals surface area contributed by atoms with E-state index >= 15 is 0 Å². The molecule has 0 amide bonds. The van der Waals surface area contributed by atoms with Crippen LogP contribution in [0, 0.1) is 12.8 Å². The number of piperidine rings is 1. The van der Waals surface area contributed by atoms with Crippen LogP contribution < -0.4 is 11.1 Å². The van der Waals surface area contributed by atoms with E-state index in [0.717, 1.165) is 11.3 Å². The van der Waals surface area contributed by atoms with Crippen molar-refractivity contribution in [3.8, 4) is 0 Å². The van der Waals surface area contributed by atoms with E-state index in [0.29, 0.717) is 23.7 Å². The van der Waals surface area contributed by atoms with Crippen molar-refractivity contribution in [2.75, 3.05) is 25.0 Å². The van der Waals surface area contributed by atoms with Gasteiger partial charge in [0.1, 0.15) is 0 Å². The van der Waals surface area contributed by atoms with Crippen molar-refractivity contribution in [3.63, 3.8) is 0 Å². The zero-order valence-electron chi connectivity index (χ0n) is 14.2. The molecule has 1 aliphatic heterocycles. The lowest BCUT2D eigenvalue weighted by atomic mass is 9.98. The first-order valence-corrected chi connectivity index (χ1v) is 9.23. The second-order valence-electron chi connectivity index (χ2n) is 6.01. The third-order valence-corrected chi connectivity index (χ3v) is 5.68. The van der Waals surface area contributed by atoms with Crippen molar-refractivity contribution in [2.24, 2.45) is 16.6 Å². The molecule has 148 valence electrons. The number of benzene rings is 1. The molecule has 1 aromatic carbocycles. The average Bonchev–Trinajstić information content (AvgIpc) is 2.54. The van der Waals surface area contributed by atoms with E-state index in [1.165, 1.54) is 0 Å². The monoisotopic (exact) mass is 506 g/mol. The summed E-state index contributed by atoms with van der Waals surface area (Å²) in [4.78, 5) is 4.19. The van der Waals surface area contributed by atoms with Gasteiger partial charge in [0, 0.05) is 25.3 Å². The number of rotatable bonds is 4. The van der Waals surface area contributed by atoms with Crippen molar-refractivity contribution in [3.05, 3.63) is 29.8 Å². The van der Waals surface area contributed by atoms with E-state index < -0.39 is 15.5 Å². The number of sulfonamides is 1. The first-order chi connectivity index (χ1) is 11.6. The first kappa shape index (κ1) is 23.0. The molecule has 0 unspecified atom stereocenters. The number of guanidine groups is 1. The second-order valence-corrected chi connectivity index (χ2v) is 7.94. The Balaban J connectivity index is 0.00000338. The van der Waals surface area contributed by atoms with Gasteiger partial charge in [0.25, 0.3) is 0 Å². The highest BCUT2D eigenvalue weighted by molar-refractivity contribution is 14.0. The molecule has 0 saturated carbocycles. The summed E-state index contributed by atoms with van der Waals surface area (Å²) in [5.74, 6) is 0.215. The number of aryl methyl sites for hydroxylation is 1. The Morgan fingerprint density at radius 1 is 1.27 bits per heavy atom. The summed E-state index contributed by atoms with van der Waals surface area (Å²) in [6.07, 6.45) is 0.632. The van der Waals surface area contributed by atoms with Crippen LogP contribution in [0.2, 0.25) is 0 Å². The Bertz CT molecular complexity index is 715. The molecule has 0 bridgehead atoms. The predicted octanol–water partition coefficient (Wildman–Crippen LogP) is 2.90. The molecule has 11 heteroatoms. The number of aliphatic imine (C=N–C) groups is 1. The van der Waals surface area contributed by atoms with Crippen LogP contribution in [0.1, 0.15) is 18.4 Å². The molecule has 0 aromatic heterocycles. The molecule has 1 heterocycles. The van der Waals surface area contributed by atoms with Gasteiger partial charge < -0.3 is 11.1 Å². The molecule has 1 saturated heterocycles. The predicted molar refractivity (Wildman–Crippen MR) is 106 cm³/mol. The Labute approximate surface area is 168 Å². The van der Waals surface area contributed by atoms with Crippen molar-refractivity contribution in [1.82, 2.24) is 4.31 Å². The lowest BCUT2D eigenvalue weighted by Crippen LogP contribution is -2.45. The van der Waals surface area contributed by atoms with E-state index in [1.807, 2.05) is 31.2 Å². The zero-order chi connectivity index (χ0) is 18.7. The SMILES string of the molecule is Cc1ccc(NC(N)=NCC2CCN(S(=O)(=O)C(F)(F)F)CC2)cc1.I. The van der Waals surface area contributed by atoms with Gasteiger partial charge in [-0.25, -0.2) is 8.42 Å². The number of nitrogens with two attached hydrogens (primary N) is 1. The molecule has 3 N–H and O–H groups in total. The summed E-state index contributed by atoms with van der Waals surface area (Å²) in [5.41, 5.74) is 2.45. The minimum Gasteiger partial charge on any atom is -0.370 e. The lowest BCUT2D eigenvalue weighted by molar-refractivity contribution is -0.0496.